The van der Waals surface area contributed by atoms with Crippen LogP contribution in [0.5, 0.6) is 0 Å². The van der Waals surface area contributed by atoms with Gasteiger partial charge in [-0.25, -0.2) is 9.18 Å². The molecule has 2 aromatic rings. The number of benzene rings is 1. The monoisotopic (exact) mass is 343 g/mol. The largest absolute Gasteiger partial charge is 0.322 e. The van der Waals surface area contributed by atoms with Crippen LogP contribution in [0.4, 0.5) is 14.9 Å². The van der Waals surface area contributed by atoms with Crippen LogP contribution in [0.25, 0.3) is 0 Å². The van der Waals surface area contributed by atoms with Gasteiger partial charge < -0.3 is 14.8 Å². The third-order valence-electron chi connectivity index (χ3n) is 5.03. The number of urea groups is 1. The zero-order valence-electron chi connectivity index (χ0n) is 14.1. The van der Waals surface area contributed by atoms with Crippen LogP contribution in [-0.4, -0.2) is 32.2 Å². The van der Waals surface area contributed by atoms with E-state index in [4.69, 9.17) is 0 Å². The van der Waals surface area contributed by atoms with E-state index in [-0.39, 0.29) is 17.9 Å². The normalized spacial score (nSPS) is 20.2. The van der Waals surface area contributed by atoms with Gasteiger partial charge in [-0.2, -0.15) is 0 Å². The van der Waals surface area contributed by atoms with Crippen molar-refractivity contribution < 1.29 is 9.18 Å². The highest BCUT2D eigenvalue weighted by atomic mass is 19.1. The lowest BCUT2D eigenvalue weighted by Crippen LogP contribution is -2.35. The summed E-state index contributed by atoms with van der Waals surface area (Å²) < 4.78 is 15.5. The molecule has 2 aliphatic heterocycles. The summed E-state index contributed by atoms with van der Waals surface area (Å²) in [5.74, 6) is 1.56. The Kier molecular flexibility index (Phi) is 4.38. The fourth-order valence-electron chi connectivity index (χ4n) is 3.79. The zero-order chi connectivity index (χ0) is 17.2. The number of aromatic nitrogens is 3. The highest BCUT2D eigenvalue weighted by molar-refractivity contribution is 5.89. The Morgan fingerprint density at radius 3 is 2.96 bits per heavy atom. The lowest BCUT2D eigenvalue weighted by atomic mass is 10.2. The lowest BCUT2D eigenvalue weighted by Gasteiger charge is -2.25. The van der Waals surface area contributed by atoms with Crippen LogP contribution in [0.2, 0.25) is 0 Å². The van der Waals surface area contributed by atoms with Crippen molar-refractivity contribution in [3.63, 3.8) is 0 Å². The number of nitrogens with one attached hydrogen (secondary N) is 1. The first-order valence-corrected chi connectivity index (χ1v) is 8.97. The smallest absolute Gasteiger partial charge is 0.314 e. The van der Waals surface area contributed by atoms with Crippen LogP contribution in [0.3, 0.4) is 0 Å². The van der Waals surface area contributed by atoms with E-state index in [1.54, 1.807) is 17.0 Å². The molecule has 1 atom stereocenters. The first kappa shape index (κ1) is 16.1. The van der Waals surface area contributed by atoms with E-state index < -0.39 is 0 Å². The summed E-state index contributed by atoms with van der Waals surface area (Å²) in [4.78, 5) is 14.5. The van der Waals surface area contributed by atoms with Crippen molar-refractivity contribution in [2.24, 2.45) is 0 Å². The molecule has 3 heterocycles. The molecule has 1 aromatic heterocycles. The van der Waals surface area contributed by atoms with Crippen LogP contribution in [0, 0.1) is 5.82 Å². The molecule has 1 saturated heterocycles. The highest BCUT2D eigenvalue weighted by Gasteiger charge is 2.34. The van der Waals surface area contributed by atoms with Crippen molar-refractivity contribution in [1.82, 2.24) is 19.7 Å². The number of fused-ring (bicyclic) bond motifs is 1. The minimum Gasteiger partial charge on any atom is -0.314 e. The predicted octanol–water partition coefficient (Wildman–Crippen LogP) is 3.51. The van der Waals surface area contributed by atoms with Crippen molar-refractivity contribution in [2.75, 3.05) is 11.9 Å². The summed E-state index contributed by atoms with van der Waals surface area (Å²) in [7, 11) is 0. The molecule has 0 bridgehead atoms. The number of rotatable bonds is 2. The maximum Gasteiger partial charge on any atom is 0.322 e. The molecule has 132 valence electrons. The molecular formula is C18H22FN5O. The minimum atomic E-state index is -0.362. The summed E-state index contributed by atoms with van der Waals surface area (Å²) in [6, 6.07) is 5.69. The summed E-state index contributed by atoms with van der Waals surface area (Å²) in [5, 5.41) is 11.6. The Morgan fingerprint density at radius 2 is 2.08 bits per heavy atom. The molecule has 6 nitrogen and oxygen atoms in total. The number of aryl methyl sites for hydroxylation is 1. The average Bonchev–Trinajstić information content (AvgIpc) is 3.16. The van der Waals surface area contributed by atoms with E-state index in [1.165, 1.54) is 18.6 Å². The predicted molar refractivity (Wildman–Crippen MR) is 91.7 cm³/mol. The van der Waals surface area contributed by atoms with Gasteiger partial charge in [-0.1, -0.05) is 12.5 Å². The van der Waals surface area contributed by atoms with E-state index in [9.17, 15) is 9.18 Å². The Labute approximate surface area is 146 Å². The van der Waals surface area contributed by atoms with Gasteiger partial charge >= 0.3 is 6.03 Å². The van der Waals surface area contributed by atoms with E-state index in [0.29, 0.717) is 12.2 Å². The van der Waals surface area contributed by atoms with Gasteiger partial charge in [0.25, 0.3) is 0 Å². The molecular weight excluding hydrogens is 321 g/mol. The Morgan fingerprint density at radius 1 is 1.16 bits per heavy atom. The Hall–Kier alpha value is -2.44. The number of nitrogens with zero attached hydrogens (tertiary/aromatic N) is 4. The minimum absolute atomic E-state index is 0.0621. The Balaban J connectivity index is 1.54. The second-order valence-electron chi connectivity index (χ2n) is 6.73. The highest BCUT2D eigenvalue weighted by Crippen LogP contribution is 2.32. The quantitative estimate of drug-likeness (QED) is 0.907. The maximum absolute atomic E-state index is 13.3. The van der Waals surface area contributed by atoms with Crippen molar-refractivity contribution in [3.05, 3.63) is 41.7 Å². The first-order valence-electron chi connectivity index (χ1n) is 8.97. The fourth-order valence-corrected chi connectivity index (χ4v) is 3.79. The molecule has 4 rings (SSSR count). The number of hydrogen-bond donors (Lipinski definition) is 1. The number of likely N-dealkylation sites (tertiary alicyclic amines) is 1. The van der Waals surface area contributed by atoms with Gasteiger partial charge in [0, 0.05) is 25.2 Å². The SMILES string of the molecule is O=C(Nc1cccc(F)c1)N1CCCC1c1nnc2n1CCCCC2. The molecule has 0 saturated carbocycles. The van der Waals surface area contributed by atoms with Gasteiger partial charge in [-0.3, -0.25) is 0 Å². The van der Waals surface area contributed by atoms with Gasteiger partial charge in [0.2, 0.25) is 0 Å². The number of carbonyl (C=O) groups is 1. The second-order valence-corrected chi connectivity index (χ2v) is 6.73. The van der Waals surface area contributed by atoms with Crippen LogP contribution < -0.4 is 5.32 Å². The average molecular weight is 343 g/mol. The number of carbonyl (C=O) groups excluding carboxylic acids is 1. The third kappa shape index (κ3) is 3.23. The summed E-state index contributed by atoms with van der Waals surface area (Å²) >= 11 is 0. The van der Waals surface area contributed by atoms with Gasteiger partial charge in [0.1, 0.15) is 11.6 Å². The van der Waals surface area contributed by atoms with E-state index in [1.807, 2.05) is 0 Å². The number of amides is 2. The molecule has 0 aliphatic carbocycles. The summed E-state index contributed by atoms with van der Waals surface area (Å²) in [5.41, 5.74) is 0.468. The summed E-state index contributed by atoms with van der Waals surface area (Å²) in [6.07, 6.45) is 6.25. The molecule has 1 N–H and O–H groups in total. The van der Waals surface area contributed by atoms with Gasteiger partial charge in [0.05, 0.1) is 6.04 Å². The van der Waals surface area contributed by atoms with Crippen molar-refractivity contribution in [3.8, 4) is 0 Å². The molecule has 25 heavy (non-hydrogen) atoms. The fraction of sp³-hybridized carbons (Fsp3) is 0.500. The van der Waals surface area contributed by atoms with Crippen LogP contribution in [-0.2, 0) is 13.0 Å². The van der Waals surface area contributed by atoms with E-state index in [0.717, 1.165) is 50.3 Å². The van der Waals surface area contributed by atoms with Crippen LogP contribution in [0.15, 0.2) is 24.3 Å². The van der Waals surface area contributed by atoms with Crippen LogP contribution >= 0.6 is 0 Å². The molecule has 2 aliphatic rings. The Bertz CT molecular complexity index is 775. The lowest BCUT2D eigenvalue weighted by molar-refractivity contribution is 0.203. The van der Waals surface area contributed by atoms with Gasteiger partial charge in [-0.15, -0.1) is 10.2 Å². The van der Waals surface area contributed by atoms with Crippen molar-refractivity contribution in [2.45, 2.75) is 51.1 Å². The molecule has 1 aromatic carbocycles. The number of anilines is 1. The van der Waals surface area contributed by atoms with Gasteiger partial charge in [-0.05, 0) is 43.9 Å². The van der Waals surface area contributed by atoms with Crippen LogP contribution in [0.1, 0.15) is 49.8 Å². The second kappa shape index (κ2) is 6.82. The summed E-state index contributed by atoms with van der Waals surface area (Å²) in [6.45, 7) is 1.60. The van der Waals surface area contributed by atoms with E-state index >= 15 is 0 Å². The number of hydrogen-bond acceptors (Lipinski definition) is 3. The zero-order valence-corrected chi connectivity index (χ0v) is 14.1. The molecule has 1 unspecified atom stereocenters. The third-order valence-corrected chi connectivity index (χ3v) is 5.03. The topological polar surface area (TPSA) is 63.1 Å². The molecule has 0 spiro atoms. The van der Waals surface area contributed by atoms with Gasteiger partial charge in [0.15, 0.2) is 5.82 Å². The van der Waals surface area contributed by atoms with Crippen molar-refractivity contribution >= 4 is 11.7 Å². The number of halogens is 1. The molecule has 7 heteroatoms. The molecule has 0 radical (unpaired) electrons. The standard InChI is InChI=1S/C18H22FN5O/c19-13-6-4-7-14(12-13)20-18(25)23-11-5-8-15(23)17-22-21-16-9-2-1-3-10-24(16)17/h4,6-7,12,15H,1-3,5,8-11H2,(H,20,25). The first-order chi connectivity index (χ1) is 12.2. The maximum atomic E-state index is 13.3. The molecule has 1 fully saturated rings. The molecule has 2 amide bonds. The van der Waals surface area contributed by atoms with Crippen molar-refractivity contribution in [1.29, 1.82) is 0 Å². The van der Waals surface area contributed by atoms with E-state index in [2.05, 4.69) is 20.1 Å².